The molecule has 1 saturated heterocycles. The number of nitrogens with zero attached hydrogens (tertiary/aromatic N) is 2. The van der Waals surface area contributed by atoms with Crippen LogP contribution in [0.1, 0.15) is 58.8 Å². The molecule has 1 unspecified atom stereocenters. The Morgan fingerprint density at radius 1 is 1.19 bits per heavy atom. The zero-order valence-corrected chi connectivity index (χ0v) is 14.8. The smallest absolute Gasteiger partial charge is 0.0220 e. The van der Waals surface area contributed by atoms with Crippen LogP contribution in [-0.4, -0.2) is 62.2 Å². The Balaban J connectivity index is 1.87. The maximum Gasteiger partial charge on any atom is 0.0220 e. The fraction of sp³-hybridized carbons (Fsp3) is 1.00. The zero-order valence-electron chi connectivity index (χ0n) is 14.8. The Bertz CT molecular complexity index is 297. The number of hydrogen-bond donors (Lipinski definition) is 1. The second-order valence-corrected chi connectivity index (χ2v) is 8.07. The molecule has 1 N–H and O–H groups in total. The molecule has 0 bridgehead atoms. The maximum absolute atomic E-state index is 3.73. The highest BCUT2D eigenvalue weighted by molar-refractivity contribution is 4.89. The average Bonchev–Trinajstić information content (AvgIpc) is 2.83. The average molecular weight is 296 g/mol. The number of hydrogen-bond acceptors (Lipinski definition) is 3. The fourth-order valence-electron chi connectivity index (χ4n) is 4.32. The third-order valence-corrected chi connectivity index (χ3v) is 5.60. The highest BCUT2D eigenvalue weighted by atomic mass is 15.2. The maximum atomic E-state index is 3.73. The first-order chi connectivity index (χ1) is 10.0. The third-order valence-electron chi connectivity index (χ3n) is 5.60. The van der Waals surface area contributed by atoms with E-state index in [0.717, 1.165) is 6.04 Å². The summed E-state index contributed by atoms with van der Waals surface area (Å²) in [6, 6.07) is 1.39. The lowest BCUT2D eigenvalue weighted by Crippen LogP contribution is -2.48. The molecule has 2 fully saturated rings. The Labute approximate surface area is 132 Å². The van der Waals surface area contributed by atoms with Crippen molar-refractivity contribution >= 4 is 0 Å². The van der Waals surface area contributed by atoms with Gasteiger partial charge in [0.05, 0.1) is 0 Å². The second kappa shape index (κ2) is 7.94. The summed E-state index contributed by atoms with van der Waals surface area (Å²) in [5.74, 6) is 0. The number of nitrogens with one attached hydrogen (secondary N) is 1. The van der Waals surface area contributed by atoms with Crippen molar-refractivity contribution in [3.63, 3.8) is 0 Å². The fourth-order valence-corrected chi connectivity index (χ4v) is 4.32. The summed E-state index contributed by atoms with van der Waals surface area (Å²) in [4.78, 5) is 5.18. The summed E-state index contributed by atoms with van der Waals surface area (Å²) in [6.45, 7) is 9.56. The van der Waals surface area contributed by atoms with Gasteiger partial charge in [0.15, 0.2) is 0 Å². The predicted octanol–water partition coefficient (Wildman–Crippen LogP) is 2.96. The molecule has 0 radical (unpaired) electrons. The van der Waals surface area contributed by atoms with E-state index in [1.807, 2.05) is 0 Å². The summed E-state index contributed by atoms with van der Waals surface area (Å²) >= 11 is 0. The molecule has 2 aliphatic rings. The molecule has 0 spiro atoms. The highest BCUT2D eigenvalue weighted by Gasteiger charge is 2.34. The largest absolute Gasteiger partial charge is 0.314 e. The van der Waals surface area contributed by atoms with Crippen molar-refractivity contribution in [3.8, 4) is 0 Å². The van der Waals surface area contributed by atoms with Gasteiger partial charge in [-0.15, -0.1) is 0 Å². The minimum absolute atomic E-state index is 0.522. The van der Waals surface area contributed by atoms with Crippen LogP contribution in [-0.2, 0) is 0 Å². The molecule has 0 aromatic carbocycles. The van der Waals surface area contributed by atoms with Gasteiger partial charge in [0.1, 0.15) is 0 Å². The van der Waals surface area contributed by atoms with E-state index in [-0.39, 0.29) is 0 Å². The van der Waals surface area contributed by atoms with Crippen molar-refractivity contribution in [1.82, 2.24) is 15.1 Å². The Morgan fingerprint density at radius 2 is 1.90 bits per heavy atom. The monoisotopic (exact) mass is 295 g/mol. The van der Waals surface area contributed by atoms with E-state index in [9.17, 15) is 0 Å². The van der Waals surface area contributed by atoms with Crippen molar-refractivity contribution in [2.24, 2.45) is 5.41 Å². The standard InChI is InChI=1S/C18H37N3/c1-16(2)19-14-18(10-6-5-7-11-18)15-20(3)13-17-9-8-12-21(17)4/h16-17,19H,5-15H2,1-4H3. The lowest BCUT2D eigenvalue weighted by Gasteiger charge is -2.42. The van der Waals surface area contributed by atoms with Crippen LogP contribution >= 0.6 is 0 Å². The predicted molar refractivity (Wildman–Crippen MR) is 91.8 cm³/mol. The summed E-state index contributed by atoms with van der Waals surface area (Å²) in [6.07, 6.45) is 9.90. The molecule has 0 amide bonds. The molecule has 3 heteroatoms. The van der Waals surface area contributed by atoms with Crippen molar-refractivity contribution in [2.75, 3.05) is 40.3 Å². The number of likely N-dealkylation sites (N-methyl/N-ethyl adjacent to an activating group) is 2. The molecule has 1 saturated carbocycles. The summed E-state index contributed by atoms with van der Waals surface area (Å²) in [5, 5.41) is 3.73. The molecule has 124 valence electrons. The molecule has 1 aliphatic carbocycles. The van der Waals surface area contributed by atoms with Gasteiger partial charge in [-0.1, -0.05) is 33.1 Å². The molecule has 1 aliphatic heterocycles. The molecule has 0 aromatic heterocycles. The lowest BCUT2D eigenvalue weighted by atomic mass is 9.73. The van der Waals surface area contributed by atoms with Crippen molar-refractivity contribution in [3.05, 3.63) is 0 Å². The van der Waals surface area contributed by atoms with E-state index in [0.29, 0.717) is 11.5 Å². The van der Waals surface area contributed by atoms with E-state index in [2.05, 4.69) is 43.1 Å². The topological polar surface area (TPSA) is 18.5 Å². The van der Waals surface area contributed by atoms with Crippen LogP contribution in [0, 0.1) is 5.41 Å². The highest BCUT2D eigenvalue weighted by Crippen LogP contribution is 2.36. The Hall–Kier alpha value is -0.120. The first-order valence-electron chi connectivity index (χ1n) is 9.13. The van der Waals surface area contributed by atoms with Crippen molar-refractivity contribution < 1.29 is 0 Å². The normalized spacial score (nSPS) is 26.9. The van der Waals surface area contributed by atoms with Gasteiger partial charge in [0.25, 0.3) is 0 Å². The van der Waals surface area contributed by atoms with E-state index in [4.69, 9.17) is 0 Å². The van der Waals surface area contributed by atoms with Crippen LogP contribution < -0.4 is 5.32 Å². The summed E-state index contributed by atoms with van der Waals surface area (Å²) in [5.41, 5.74) is 0.522. The van der Waals surface area contributed by atoms with Crippen LogP contribution in [0.5, 0.6) is 0 Å². The molecule has 0 aromatic rings. The zero-order chi connectivity index (χ0) is 15.3. The van der Waals surface area contributed by atoms with Gasteiger partial charge in [-0.3, -0.25) is 0 Å². The van der Waals surface area contributed by atoms with E-state index in [1.54, 1.807) is 0 Å². The molecule has 21 heavy (non-hydrogen) atoms. The van der Waals surface area contributed by atoms with Crippen molar-refractivity contribution in [2.45, 2.75) is 70.9 Å². The third kappa shape index (κ3) is 5.22. The first-order valence-corrected chi connectivity index (χ1v) is 9.13. The molecule has 3 nitrogen and oxygen atoms in total. The van der Waals surface area contributed by atoms with Gasteiger partial charge < -0.3 is 15.1 Å². The number of likely N-dealkylation sites (tertiary alicyclic amines) is 1. The molecular weight excluding hydrogens is 258 g/mol. The van der Waals surface area contributed by atoms with Gasteiger partial charge in [-0.2, -0.15) is 0 Å². The summed E-state index contributed by atoms with van der Waals surface area (Å²) in [7, 11) is 4.64. The molecule has 1 atom stereocenters. The van der Waals surface area contributed by atoms with Gasteiger partial charge in [0, 0.05) is 31.7 Å². The Kier molecular flexibility index (Phi) is 6.51. The lowest BCUT2D eigenvalue weighted by molar-refractivity contribution is 0.100. The SMILES string of the molecule is CC(C)NCC1(CN(C)CC2CCCN2C)CCCCC1. The van der Waals surface area contributed by atoms with Gasteiger partial charge >= 0.3 is 0 Å². The van der Waals surface area contributed by atoms with E-state index in [1.165, 1.54) is 71.1 Å². The van der Waals surface area contributed by atoms with Gasteiger partial charge in [-0.05, 0) is 51.7 Å². The van der Waals surface area contributed by atoms with Crippen LogP contribution in [0.2, 0.25) is 0 Å². The van der Waals surface area contributed by atoms with Crippen LogP contribution in [0.4, 0.5) is 0 Å². The van der Waals surface area contributed by atoms with Crippen LogP contribution in [0.15, 0.2) is 0 Å². The summed E-state index contributed by atoms with van der Waals surface area (Å²) < 4.78 is 0. The minimum Gasteiger partial charge on any atom is -0.314 e. The first kappa shape index (κ1) is 17.2. The van der Waals surface area contributed by atoms with Gasteiger partial charge in [-0.25, -0.2) is 0 Å². The number of rotatable bonds is 7. The van der Waals surface area contributed by atoms with E-state index < -0.39 is 0 Å². The molecular formula is C18H37N3. The van der Waals surface area contributed by atoms with E-state index >= 15 is 0 Å². The van der Waals surface area contributed by atoms with Crippen LogP contribution in [0.25, 0.3) is 0 Å². The van der Waals surface area contributed by atoms with Gasteiger partial charge in [0.2, 0.25) is 0 Å². The van der Waals surface area contributed by atoms with Crippen LogP contribution in [0.3, 0.4) is 0 Å². The van der Waals surface area contributed by atoms with Crippen molar-refractivity contribution in [1.29, 1.82) is 0 Å². The Morgan fingerprint density at radius 3 is 2.48 bits per heavy atom. The molecule has 1 heterocycles. The minimum atomic E-state index is 0.522. The second-order valence-electron chi connectivity index (χ2n) is 8.07. The molecule has 2 rings (SSSR count). The quantitative estimate of drug-likeness (QED) is 0.779.